The molecule has 0 aliphatic carbocycles. The molecular formula is C11H16N2OS. The van der Waals surface area contributed by atoms with Crippen molar-refractivity contribution in [3.63, 3.8) is 0 Å². The van der Waals surface area contributed by atoms with Gasteiger partial charge in [-0.15, -0.1) is 0 Å². The van der Waals surface area contributed by atoms with E-state index >= 15 is 0 Å². The standard InChI is InChI=1S/C11H16N2OS/c1-8-6-15-7-9(8)5-13-11(14)10-3-2-4-12-10/h6-7,10,12H,2-5H2,1H3,(H,13,14). The van der Waals surface area contributed by atoms with Crippen molar-refractivity contribution < 1.29 is 4.79 Å². The lowest BCUT2D eigenvalue weighted by molar-refractivity contribution is -0.122. The van der Waals surface area contributed by atoms with E-state index in [4.69, 9.17) is 0 Å². The molecule has 4 heteroatoms. The molecule has 3 nitrogen and oxygen atoms in total. The quantitative estimate of drug-likeness (QED) is 0.815. The second kappa shape index (κ2) is 4.77. The van der Waals surface area contributed by atoms with Crippen molar-refractivity contribution in [1.82, 2.24) is 10.6 Å². The zero-order chi connectivity index (χ0) is 10.7. The van der Waals surface area contributed by atoms with E-state index in [0.29, 0.717) is 6.54 Å². The highest BCUT2D eigenvalue weighted by Gasteiger charge is 2.21. The summed E-state index contributed by atoms with van der Waals surface area (Å²) in [4.78, 5) is 11.7. The lowest BCUT2D eigenvalue weighted by Gasteiger charge is -2.10. The predicted molar refractivity (Wildman–Crippen MR) is 61.9 cm³/mol. The van der Waals surface area contributed by atoms with Gasteiger partial charge < -0.3 is 10.6 Å². The summed E-state index contributed by atoms with van der Waals surface area (Å²) in [6.07, 6.45) is 2.07. The molecule has 0 radical (unpaired) electrons. The smallest absolute Gasteiger partial charge is 0.237 e. The number of nitrogens with one attached hydrogen (secondary N) is 2. The van der Waals surface area contributed by atoms with Crippen molar-refractivity contribution >= 4 is 17.2 Å². The first-order valence-corrected chi connectivity index (χ1v) is 6.24. The lowest BCUT2D eigenvalue weighted by atomic mass is 10.2. The Kier molecular flexibility index (Phi) is 3.38. The van der Waals surface area contributed by atoms with Crippen LogP contribution in [-0.4, -0.2) is 18.5 Å². The van der Waals surface area contributed by atoms with Gasteiger partial charge >= 0.3 is 0 Å². The van der Waals surface area contributed by atoms with Crippen LogP contribution in [0.4, 0.5) is 0 Å². The van der Waals surface area contributed by atoms with Gasteiger partial charge in [0, 0.05) is 6.54 Å². The van der Waals surface area contributed by atoms with Crippen LogP contribution in [0.25, 0.3) is 0 Å². The van der Waals surface area contributed by atoms with Crippen molar-refractivity contribution in [2.24, 2.45) is 0 Å². The molecule has 0 saturated carbocycles. The predicted octanol–water partition coefficient (Wildman–Crippen LogP) is 1.42. The average molecular weight is 224 g/mol. The summed E-state index contributed by atoms with van der Waals surface area (Å²) in [5, 5.41) is 10.4. The Morgan fingerprint density at radius 1 is 1.67 bits per heavy atom. The highest BCUT2D eigenvalue weighted by Crippen LogP contribution is 2.13. The first kappa shape index (κ1) is 10.6. The number of aryl methyl sites for hydroxylation is 1. The molecule has 1 fully saturated rings. The van der Waals surface area contributed by atoms with Crippen LogP contribution >= 0.6 is 11.3 Å². The number of amides is 1. The molecule has 2 N–H and O–H groups in total. The van der Waals surface area contributed by atoms with Gasteiger partial charge in [0.1, 0.15) is 0 Å². The van der Waals surface area contributed by atoms with Gasteiger partial charge in [0.05, 0.1) is 6.04 Å². The third kappa shape index (κ3) is 2.58. The minimum Gasteiger partial charge on any atom is -0.351 e. The Bertz CT molecular complexity index is 342. The molecule has 2 heterocycles. The number of hydrogen-bond acceptors (Lipinski definition) is 3. The molecule has 1 aromatic rings. The highest BCUT2D eigenvalue weighted by atomic mass is 32.1. The van der Waals surface area contributed by atoms with E-state index in [1.54, 1.807) is 11.3 Å². The number of rotatable bonds is 3. The number of thiophene rings is 1. The summed E-state index contributed by atoms with van der Waals surface area (Å²) < 4.78 is 0. The van der Waals surface area contributed by atoms with Crippen molar-refractivity contribution in [3.8, 4) is 0 Å². The van der Waals surface area contributed by atoms with Crippen LogP contribution in [0, 0.1) is 6.92 Å². The van der Waals surface area contributed by atoms with Gasteiger partial charge in [0.25, 0.3) is 0 Å². The van der Waals surface area contributed by atoms with Crippen molar-refractivity contribution in [3.05, 3.63) is 21.9 Å². The van der Waals surface area contributed by atoms with E-state index in [2.05, 4.69) is 28.3 Å². The molecule has 1 aliphatic heterocycles. The van der Waals surface area contributed by atoms with Crippen LogP contribution in [0.3, 0.4) is 0 Å². The average Bonchev–Trinajstić information content (AvgIpc) is 2.85. The van der Waals surface area contributed by atoms with E-state index < -0.39 is 0 Å². The fraction of sp³-hybridized carbons (Fsp3) is 0.545. The minimum atomic E-state index is 0.0314. The van der Waals surface area contributed by atoms with E-state index in [-0.39, 0.29) is 11.9 Å². The molecule has 15 heavy (non-hydrogen) atoms. The Morgan fingerprint density at radius 2 is 2.53 bits per heavy atom. The summed E-state index contributed by atoms with van der Waals surface area (Å²) in [5.74, 6) is 0.137. The molecule has 82 valence electrons. The van der Waals surface area contributed by atoms with Crippen LogP contribution in [0.15, 0.2) is 10.8 Å². The summed E-state index contributed by atoms with van der Waals surface area (Å²) in [5.41, 5.74) is 2.49. The second-order valence-electron chi connectivity index (χ2n) is 3.95. The normalized spacial score (nSPS) is 20.5. The Hall–Kier alpha value is -0.870. The fourth-order valence-electron chi connectivity index (χ4n) is 1.78. The zero-order valence-electron chi connectivity index (χ0n) is 8.88. The second-order valence-corrected chi connectivity index (χ2v) is 4.69. The molecule has 0 spiro atoms. The minimum absolute atomic E-state index is 0.0314. The Labute approximate surface area is 93.9 Å². The summed E-state index contributed by atoms with van der Waals surface area (Å²) in [7, 11) is 0. The van der Waals surface area contributed by atoms with Crippen molar-refractivity contribution in [1.29, 1.82) is 0 Å². The maximum absolute atomic E-state index is 11.7. The molecular weight excluding hydrogens is 208 g/mol. The zero-order valence-corrected chi connectivity index (χ0v) is 9.69. The van der Waals surface area contributed by atoms with Gasteiger partial charge in [-0.05, 0) is 48.2 Å². The molecule has 2 rings (SSSR count). The van der Waals surface area contributed by atoms with E-state index in [9.17, 15) is 4.79 Å². The van der Waals surface area contributed by atoms with Crippen LogP contribution in [0.5, 0.6) is 0 Å². The molecule has 1 atom stereocenters. The third-order valence-electron chi connectivity index (χ3n) is 2.79. The maximum Gasteiger partial charge on any atom is 0.237 e. The van der Waals surface area contributed by atoms with E-state index in [0.717, 1.165) is 19.4 Å². The molecule has 1 saturated heterocycles. The van der Waals surface area contributed by atoms with E-state index in [1.165, 1.54) is 11.1 Å². The largest absolute Gasteiger partial charge is 0.351 e. The highest BCUT2D eigenvalue weighted by molar-refractivity contribution is 7.08. The lowest BCUT2D eigenvalue weighted by Crippen LogP contribution is -2.40. The van der Waals surface area contributed by atoms with Crippen molar-refractivity contribution in [2.75, 3.05) is 6.54 Å². The molecule has 1 aromatic heterocycles. The maximum atomic E-state index is 11.7. The van der Waals surface area contributed by atoms with E-state index in [1.807, 2.05) is 0 Å². The Morgan fingerprint density at radius 3 is 3.13 bits per heavy atom. The third-order valence-corrected chi connectivity index (χ3v) is 3.70. The molecule has 0 bridgehead atoms. The van der Waals surface area contributed by atoms with Crippen LogP contribution in [0.1, 0.15) is 24.0 Å². The van der Waals surface area contributed by atoms with Gasteiger partial charge in [-0.2, -0.15) is 11.3 Å². The van der Waals surface area contributed by atoms with Gasteiger partial charge in [-0.25, -0.2) is 0 Å². The van der Waals surface area contributed by atoms with Gasteiger partial charge in [-0.3, -0.25) is 4.79 Å². The molecule has 0 aromatic carbocycles. The monoisotopic (exact) mass is 224 g/mol. The SMILES string of the molecule is Cc1cscc1CNC(=O)C1CCCN1. The van der Waals surface area contributed by atoms with Gasteiger partial charge in [0.2, 0.25) is 5.91 Å². The molecule has 1 unspecified atom stereocenters. The van der Waals surface area contributed by atoms with Crippen LogP contribution in [-0.2, 0) is 11.3 Å². The summed E-state index contributed by atoms with van der Waals surface area (Å²) in [6.45, 7) is 3.70. The number of carbonyl (C=O) groups excluding carboxylic acids is 1. The first-order valence-electron chi connectivity index (χ1n) is 5.30. The Balaban J connectivity index is 1.83. The van der Waals surface area contributed by atoms with Crippen molar-refractivity contribution in [2.45, 2.75) is 32.4 Å². The number of carbonyl (C=O) groups is 1. The van der Waals surface area contributed by atoms with Crippen LogP contribution < -0.4 is 10.6 Å². The van der Waals surface area contributed by atoms with Crippen LogP contribution in [0.2, 0.25) is 0 Å². The molecule has 1 amide bonds. The number of hydrogen-bond donors (Lipinski definition) is 2. The summed E-state index contributed by atoms with van der Waals surface area (Å²) in [6, 6.07) is 0.0314. The topological polar surface area (TPSA) is 41.1 Å². The van der Waals surface area contributed by atoms with Gasteiger partial charge in [0.15, 0.2) is 0 Å². The molecule has 1 aliphatic rings. The van der Waals surface area contributed by atoms with Gasteiger partial charge in [-0.1, -0.05) is 0 Å². The summed E-state index contributed by atoms with van der Waals surface area (Å²) >= 11 is 1.68. The fourth-order valence-corrected chi connectivity index (χ4v) is 2.64. The first-order chi connectivity index (χ1) is 7.27.